The Morgan fingerprint density at radius 1 is 1.60 bits per heavy atom. The minimum Gasteiger partial charge on any atom is -0.356 e. The fourth-order valence-corrected chi connectivity index (χ4v) is 2.60. The summed E-state index contributed by atoms with van der Waals surface area (Å²) in [5.74, 6) is -0.227. The maximum atomic E-state index is 11.6. The van der Waals surface area contributed by atoms with Crippen molar-refractivity contribution in [3.63, 3.8) is 0 Å². The first kappa shape index (κ1) is 12.7. The van der Waals surface area contributed by atoms with E-state index in [-0.39, 0.29) is 11.9 Å². The van der Waals surface area contributed by atoms with E-state index in [1.165, 1.54) is 0 Å². The van der Waals surface area contributed by atoms with Crippen LogP contribution >= 0.6 is 20.7 Å². The van der Waals surface area contributed by atoms with Crippen LogP contribution in [0.3, 0.4) is 0 Å². The standard InChI is InChI=1S/C9H18N2O2S2/c1-6(2)11-5-7(15(3,4)14)8(12)10-9(11)13/h5-6,9,13-14H,1-4H3,(H,10,12). The summed E-state index contributed by atoms with van der Waals surface area (Å²) in [6.45, 7) is 3.91. The molecular formula is C9H18N2O2S2. The van der Waals surface area contributed by atoms with Crippen LogP contribution < -0.4 is 5.32 Å². The third-order valence-electron chi connectivity index (χ3n) is 2.17. The topological polar surface area (TPSA) is 52.6 Å². The van der Waals surface area contributed by atoms with E-state index in [9.17, 15) is 9.90 Å². The zero-order valence-electron chi connectivity index (χ0n) is 9.39. The summed E-state index contributed by atoms with van der Waals surface area (Å²) >= 11 is 4.44. The highest BCUT2D eigenvalue weighted by atomic mass is 33.1. The second-order valence-electron chi connectivity index (χ2n) is 4.15. The van der Waals surface area contributed by atoms with E-state index in [0.29, 0.717) is 4.91 Å². The van der Waals surface area contributed by atoms with Crippen molar-refractivity contribution in [2.75, 3.05) is 12.5 Å². The highest BCUT2D eigenvalue weighted by Gasteiger charge is 2.31. The van der Waals surface area contributed by atoms with Gasteiger partial charge in [-0.05, 0) is 26.4 Å². The third kappa shape index (κ3) is 2.83. The first-order valence-electron chi connectivity index (χ1n) is 4.67. The average molecular weight is 250 g/mol. The largest absolute Gasteiger partial charge is 0.356 e. The van der Waals surface area contributed by atoms with Gasteiger partial charge in [0.05, 0.1) is 4.91 Å². The SMILES string of the molecule is CC(C)N1C=C(S(C)(C)S)C(=O)NC1O. The Balaban J connectivity index is 3.04. The van der Waals surface area contributed by atoms with Crippen molar-refractivity contribution < 1.29 is 9.90 Å². The number of carbonyl (C=O) groups is 1. The smallest absolute Gasteiger partial charge is 0.261 e. The predicted octanol–water partition coefficient (Wildman–Crippen LogP) is 0.853. The van der Waals surface area contributed by atoms with E-state index in [0.717, 1.165) is 0 Å². The molecule has 0 bridgehead atoms. The number of amides is 1. The molecule has 1 aliphatic heterocycles. The molecule has 1 amide bonds. The second kappa shape index (κ2) is 4.27. The van der Waals surface area contributed by atoms with E-state index < -0.39 is 15.4 Å². The fourth-order valence-electron chi connectivity index (χ4n) is 1.31. The van der Waals surface area contributed by atoms with Crippen molar-refractivity contribution in [3.05, 3.63) is 11.1 Å². The zero-order valence-corrected chi connectivity index (χ0v) is 11.1. The Morgan fingerprint density at radius 3 is 2.53 bits per heavy atom. The van der Waals surface area contributed by atoms with Gasteiger partial charge < -0.3 is 15.3 Å². The van der Waals surface area contributed by atoms with Crippen LogP contribution in [0.4, 0.5) is 0 Å². The lowest BCUT2D eigenvalue weighted by molar-refractivity contribution is -0.126. The summed E-state index contributed by atoms with van der Waals surface area (Å²) in [6.07, 6.45) is 4.64. The Kier molecular flexibility index (Phi) is 3.63. The molecule has 15 heavy (non-hydrogen) atoms. The predicted molar refractivity (Wildman–Crippen MR) is 67.6 cm³/mol. The van der Waals surface area contributed by atoms with Crippen LogP contribution in [0.5, 0.6) is 0 Å². The number of hydrogen-bond donors (Lipinski definition) is 3. The lowest BCUT2D eigenvalue weighted by atomic mass is 10.3. The molecule has 0 aromatic carbocycles. The van der Waals surface area contributed by atoms with Gasteiger partial charge in [0.2, 0.25) is 6.35 Å². The van der Waals surface area contributed by atoms with Gasteiger partial charge in [-0.3, -0.25) is 4.79 Å². The van der Waals surface area contributed by atoms with Gasteiger partial charge in [-0.2, -0.15) is 9.06 Å². The lowest BCUT2D eigenvalue weighted by Gasteiger charge is -2.39. The molecule has 0 aromatic rings. The van der Waals surface area contributed by atoms with E-state index in [2.05, 4.69) is 17.0 Å². The van der Waals surface area contributed by atoms with E-state index >= 15 is 0 Å². The van der Waals surface area contributed by atoms with Crippen molar-refractivity contribution in [2.24, 2.45) is 0 Å². The molecule has 0 saturated heterocycles. The van der Waals surface area contributed by atoms with Crippen LogP contribution in [0.1, 0.15) is 13.8 Å². The number of nitrogens with one attached hydrogen (secondary N) is 1. The Labute approximate surface area is 96.8 Å². The molecule has 1 atom stereocenters. The third-order valence-corrected chi connectivity index (χ3v) is 4.12. The number of thiol groups is 1. The molecule has 0 radical (unpaired) electrons. The Hall–Kier alpha value is -0.330. The monoisotopic (exact) mass is 250 g/mol. The number of nitrogens with zero attached hydrogens (tertiary/aromatic N) is 1. The molecule has 0 saturated carbocycles. The van der Waals surface area contributed by atoms with Crippen molar-refractivity contribution in [3.8, 4) is 0 Å². The summed E-state index contributed by atoms with van der Waals surface area (Å²) in [5.41, 5.74) is 0. The van der Waals surface area contributed by atoms with Crippen LogP contribution in [0.15, 0.2) is 11.1 Å². The molecule has 0 spiro atoms. The summed E-state index contributed by atoms with van der Waals surface area (Å²) < 4.78 is 0. The van der Waals surface area contributed by atoms with E-state index in [1.807, 2.05) is 26.4 Å². The minimum absolute atomic E-state index is 0.130. The van der Waals surface area contributed by atoms with Crippen LogP contribution in [-0.2, 0) is 4.79 Å². The highest BCUT2D eigenvalue weighted by molar-refractivity contribution is 8.89. The van der Waals surface area contributed by atoms with Crippen LogP contribution in [0.25, 0.3) is 0 Å². The first-order valence-corrected chi connectivity index (χ1v) is 8.17. The van der Waals surface area contributed by atoms with Crippen molar-refractivity contribution in [1.82, 2.24) is 10.2 Å². The maximum Gasteiger partial charge on any atom is 0.261 e. The van der Waals surface area contributed by atoms with Gasteiger partial charge in [0.15, 0.2) is 0 Å². The number of aliphatic hydroxyl groups excluding tert-OH is 1. The quantitative estimate of drug-likeness (QED) is 0.503. The van der Waals surface area contributed by atoms with E-state index in [1.54, 1.807) is 11.1 Å². The maximum absolute atomic E-state index is 11.6. The van der Waals surface area contributed by atoms with Gasteiger partial charge in [-0.1, -0.05) is 0 Å². The second-order valence-corrected chi connectivity index (χ2v) is 9.88. The van der Waals surface area contributed by atoms with Gasteiger partial charge in [0, 0.05) is 12.2 Å². The molecule has 1 aliphatic rings. The molecule has 0 aromatic heterocycles. The molecule has 0 fully saturated rings. The van der Waals surface area contributed by atoms with E-state index in [4.69, 9.17) is 0 Å². The van der Waals surface area contributed by atoms with Crippen LogP contribution in [0, 0.1) is 0 Å². The zero-order chi connectivity index (χ0) is 11.8. The molecule has 2 N–H and O–H groups in total. The fraction of sp³-hybridized carbons (Fsp3) is 0.667. The number of carbonyl (C=O) groups excluding carboxylic acids is 1. The summed E-state index contributed by atoms with van der Waals surface area (Å²) in [5, 5.41) is 12.1. The van der Waals surface area contributed by atoms with Gasteiger partial charge in [0.1, 0.15) is 0 Å². The van der Waals surface area contributed by atoms with Crippen molar-refractivity contribution in [2.45, 2.75) is 26.2 Å². The highest BCUT2D eigenvalue weighted by Crippen LogP contribution is 2.53. The lowest BCUT2D eigenvalue weighted by Crippen LogP contribution is -2.52. The minimum atomic E-state index is -1.37. The average Bonchev–Trinajstić information content (AvgIpc) is 2.00. The molecule has 1 heterocycles. The number of rotatable bonds is 2. The Morgan fingerprint density at radius 2 is 2.13 bits per heavy atom. The molecule has 1 unspecified atom stereocenters. The summed E-state index contributed by atoms with van der Waals surface area (Å²) in [4.78, 5) is 14.0. The molecule has 4 nitrogen and oxygen atoms in total. The van der Waals surface area contributed by atoms with Gasteiger partial charge in [0.25, 0.3) is 5.91 Å². The van der Waals surface area contributed by atoms with Gasteiger partial charge in [-0.25, -0.2) is 0 Å². The van der Waals surface area contributed by atoms with Crippen LogP contribution in [-0.4, -0.2) is 40.8 Å². The molecule has 0 aliphatic carbocycles. The summed E-state index contributed by atoms with van der Waals surface area (Å²) in [6, 6.07) is 0.130. The summed E-state index contributed by atoms with van der Waals surface area (Å²) in [7, 11) is -1.37. The molecule has 1 rings (SSSR count). The van der Waals surface area contributed by atoms with Crippen molar-refractivity contribution >= 4 is 26.6 Å². The number of hydrogen-bond acceptors (Lipinski definition) is 4. The van der Waals surface area contributed by atoms with Gasteiger partial charge in [-0.15, -0.1) is 11.7 Å². The molecular weight excluding hydrogens is 232 g/mol. The first-order chi connectivity index (χ1) is 6.73. The van der Waals surface area contributed by atoms with Crippen LogP contribution in [0.2, 0.25) is 0 Å². The van der Waals surface area contributed by atoms with Crippen molar-refractivity contribution in [1.29, 1.82) is 0 Å². The molecule has 88 valence electrons. The Bertz CT molecular complexity index is 297. The normalized spacial score (nSPS) is 23.9. The van der Waals surface area contributed by atoms with Gasteiger partial charge >= 0.3 is 0 Å². The molecule has 6 heteroatoms. The number of aliphatic hydroxyl groups is 1.